The van der Waals surface area contributed by atoms with Crippen molar-refractivity contribution in [3.05, 3.63) is 45.9 Å². The van der Waals surface area contributed by atoms with Crippen molar-refractivity contribution in [3.63, 3.8) is 0 Å². The second-order valence-electron chi connectivity index (χ2n) is 4.22. The zero-order valence-electron chi connectivity index (χ0n) is 10.7. The molecule has 0 bridgehead atoms. The summed E-state index contributed by atoms with van der Waals surface area (Å²) in [6.07, 6.45) is 2.39. The second-order valence-corrected chi connectivity index (χ2v) is 5.01. The van der Waals surface area contributed by atoms with Gasteiger partial charge in [-0.15, -0.1) is 0 Å². The number of benzene rings is 1. The van der Waals surface area contributed by atoms with Crippen LogP contribution in [0.5, 0.6) is 0 Å². The summed E-state index contributed by atoms with van der Waals surface area (Å²) in [5.41, 5.74) is 1.20. The van der Waals surface area contributed by atoms with Crippen LogP contribution in [0.1, 0.15) is 16.1 Å². The topological polar surface area (TPSA) is 67.2 Å². The molecule has 0 saturated heterocycles. The van der Waals surface area contributed by atoms with Crippen LogP contribution in [-0.2, 0) is 13.5 Å². The highest BCUT2D eigenvalue weighted by Gasteiger charge is 2.15. The van der Waals surface area contributed by atoms with Crippen molar-refractivity contribution in [1.29, 1.82) is 0 Å². The van der Waals surface area contributed by atoms with Gasteiger partial charge in [-0.1, -0.05) is 0 Å². The third kappa shape index (κ3) is 2.98. The first kappa shape index (κ1) is 14.5. The van der Waals surface area contributed by atoms with Crippen LogP contribution in [0.3, 0.4) is 0 Å². The minimum absolute atomic E-state index is 0.0458. The lowest BCUT2D eigenvalue weighted by Crippen LogP contribution is -2.10. The van der Waals surface area contributed by atoms with E-state index < -0.39 is 11.8 Å². The van der Waals surface area contributed by atoms with Crippen molar-refractivity contribution in [3.8, 4) is 0 Å². The summed E-state index contributed by atoms with van der Waals surface area (Å²) in [5, 5.41) is 15.9. The quantitative estimate of drug-likeness (QED) is 0.877. The minimum Gasteiger partial charge on any atom is -0.478 e. The Bertz CT molecular complexity index is 643. The van der Waals surface area contributed by atoms with E-state index in [2.05, 4.69) is 26.3 Å². The average Bonchev–Trinajstić information content (AvgIpc) is 2.80. The number of carboxylic acid groups (broad SMARTS) is 1. The van der Waals surface area contributed by atoms with Crippen molar-refractivity contribution >= 4 is 27.6 Å². The summed E-state index contributed by atoms with van der Waals surface area (Å²) in [5.74, 6) is -1.77. The van der Waals surface area contributed by atoms with Gasteiger partial charge >= 0.3 is 5.97 Å². The standard InChI is InChI=1S/C13H13BrFN3O2/c1-18-8(5-7-17-18)4-6-16-10-3-2-9(13(19)20)11(14)12(10)15/h2-3,5,7,16H,4,6H2,1H3,(H,19,20). The molecule has 0 saturated carbocycles. The number of halogens is 2. The normalized spacial score (nSPS) is 10.6. The summed E-state index contributed by atoms with van der Waals surface area (Å²) in [7, 11) is 1.84. The largest absolute Gasteiger partial charge is 0.478 e. The van der Waals surface area contributed by atoms with Gasteiger partial charge < -0.3 is 10.4 Å². The Kier molecular flexibility index (Phi) is 4.39. The van der Waals surface area contributed by atoms with Crippen molar-refractivity contribution in [2.45, 2.75) is 6.42 Å². The lowest BCUT2D eigenvalue weighted by Gasteiger charge is -2.10. The SMILES string of the molecule is Cn1nccc1CCNc1ccc(C(=O)O)c(Br)c1F. The van der Waals surface area contributed by atoms with E-state index in [1.165, 1.54) is 12.1 Å². The number of carboxylic acids is 1. The number of rotatable bonds is 5. The molecule has 0 unspecified atom stereocenters. The molecule has 0 fully saturated rings. The van der Waals surface area contributed by atoms with E-state index >= 15 is 0 Å². The average molecular weight is 342 g/mol. The Morgan fingerprint density at radius 1 is 1.50 bits per heavy atom. The molecular formula is C13H13BrFN3O2. The number of nitrogens with one attached hydrogen (secondary N) is 1. The van der Waals surface area contributed by atoms with Crippen LogP contribution in [0.2, 0.25) is 0 Å². The highest BCUT2D eigenvalue weighted by molar-refractivity contribution is 9.10. The molecule has 1 aromatic carbocycles. The number of nitrogens with zero attached hydrogens (tertiary/aromatic N) is 2. The highest BCUT2D eigenvalue weighted by Crippen LogP contribution is 2.27. The van der Waals surface area contributed by atoms with Crippen LogP contribution in [-0.4, -0.2) is 27.4 Å². The number of aromatic carboxylic acids is 1. The lowest BCUT2D eigenvalue weighted by molar-refractivity contribution is 0.0695. The summed E-state index contributed by atoms with van der Waals surface area (Å²) in [6, 6.07) is 4.68. The summed E-state index contributed by atoms with van der Waals surface area (Å²) < 4.78 is 15.7. The third-order valence-corrected chi connectivity index (χ3v) is 3.71. The molecule has 2 N–H and O–H groups in total. The Balaban J connectivity index is 2.05. The van der Waals surface area contributed by atoms with E-state index in [0.717, 1.165) is 5.69 Å². The molecule has 0 atom stereocenters. The monoisotopic (exact) mass is 341 g/mol. The first-order chi connectivity index (χ1) is 9.50. The predicted octanol–water partition coefficient (Wildman–Crippen LogP) is 2.67. The number of aryl methyl sites for hydroxylation is 1. The van der Waals surface area contributed by atoms with Gasteiger partial charge in [0.2, 0.25) is 0 Å². The highest BCUT2D eigenvalue weighted by atomic mass is 79.9. The predicted molar refractivity (Wildman–Crippen MR) is 76.5 cm³/mol. The first-order valence-electron chi connectivity index (χ1n) is 5.92. The van der Waals surface area contributed by atoms with Gasteiger partial charge in [0.05, 0.1) is 15.7 Å². The van der Waals surface area contributed by atoms with Gasteiger partial charge in [0.25, 0.3) is 0 Å². The van der Waals surface area contributed by atoms with E-state index in [0.29, 0.717) is 13.0 Å². The Morgan fingerprint density at radius 3 is 2.85 bits per heavy atom. The molecule has 0 aliphatic rings. The summed E-state index contributed by atoms with van der Waals surface area (Å²) >= 11 is 2.96. The number of carbonyl (C=O) groups is 1. The molecular weight excluding hydrogens is 329 g/mol. The minimum atomic E-state index is -1.17. The van der Waals surface area contributed by atoms with Crippen LogP contribution in [0.25, 0.3) is 0 Å². The maximum absolute atomic E-state index is 14.0. The van der Waals surface area contributed by atoms with E-state index in [9.17, 15) is 9.18 Å². The van der Waals surface area contributed by atoms with Gasteiger partial charge in [-0.25, -0.2) is 9.18 Å². The van der Waals surface area contributed by atoms with Crippen LogP contribution >= 0.6 is 15.9 Å². The van der Waals surface area contributed by atoms with Gasteiger partial charge in [0.15, 0.2) is 5.82 Å². The lowest BCUT2D eigenvalue weighted by atomic mass is 10.2. The fraction of sp³-hybridized carbons (Fsp3) is 0.231. The molecule has 1 aromatic heterocycles. The van der Waals surface area contributed by atoms with E-state index in [1.54, 1.807) is 10.9 Å². The van der Waals surface area contributed by atoms with Crippen molar-refractivity contribution < 1.29 is 14.3 Å². The maximum atomic E-state index is 14.0. The Hall–Kier alpha value is -1.89. The number of hydrogen-bond donors (Lipinski definition) is 2. The van der Waals surface area contributed by atoms with Crippen molar-refractivity contribution in [2.75, 3.05) is 11.9 Å². The van der Waals surface area contributed by atoms with Gasteiger partial charge in [-0.05, 0) is 34.1 Å². The molecule has 2 rings (SSSR count). The van der Waals surface area contributed by atoms with Gasteiger partial charge in [0, 0.05) is 31.9 Å². The molecule has 0 amide bonds. The van der Waals surface area contributed by atoms with E-state index in [1.807, 2.05) is 13.1 Å². The van der Waals surface area contributed by atoms with Crippen LogP contribution < -0.4 is 5.32 Å². The van der Waals surface area contributed by atoms with Crippen LogP contribution in [0.4, 0.5) is 10.1 Å². The smallest absolute Gasteiger partial charge is 0.336 e. The van der Waals surface area contributed by atoms with Gasteiger partial charge in [0.1, 0.15) is 0 Å². The molecule has 20 heavy (non-hydrogen) atoms. The van der Waals surface area contributed by atoms with Crippen LogP contribution in [0, 0.1) is 5.82 Å². The number of hydrogen-bond acceptors (Lipinski definition) is 3. The van der Waals surface area contributed by atoms with Crippen molar-refractivity contribution in [2.24, 2.45) is 7.05 Å². The van der Waals surface area contributed by atoms with Gasteiger partial charge in [-0.2, -0.15) is 5.10 Å². The zero-order valence-corrected chi connectivity index (χ0v) is 12.3. The van der Waals surface area contributed by atoms with Gasteiger partial charge in [-0.3, -0.25) is 4.68 Å². The summed E-state index contributed by atoms with van der Waals surface area (Å²) in [6.45, 7) is 0.523. The molecule has 1 heterocycles. The fourth-order valence-corrected chi connectivity index (χ4v) is 2.34. The van der Waals surface area contributed by atoms with E-state index in [-0.39, 0.29) is 15.7 Å². The molecule has 0 spiro atoms. The molecule has 5 nitrogen and oxygen atoms in total. The zero-order chi connectivity index (χ0) is 14.7. The molecule has 0 radical (unpaired) electrons. The molecule has 0 aliphatic carbocycles. The Morgan fingerprint density at radius 2 is 2.25 bits per heavy atom. The third-order valence-electron chi connectivity index (χ3n) is 2.93. The molecule has 106 valence electrons. The maximum Gasteiger partial charge on any atom is 0.336 e. The van der Waals surface area contributed by atoms with Crippen molar-refractivity contribution in [1.82, 2.24) is 9.78 Å². The molecule has 7 heteroatoms. The van der Waals surface area contributed by atoms with Crippen LogP contribution in [0.15, 0.2) is 28.9 Å². The number of anilines is 1. The molecule has 0 aliphatic heterocycles. The summed E-state index contributed by atoms with van der Waals surface area (Å²) in [4.78, 5) is 10.9. The fourth-order valence-electron chi connectivity index (χ4n) is 1.82. The number of aromatic nitrogens is 2. The van der Waals surface area contributed by atoms with E-state index in [4.69, 9.17) is 5.11 Å². The molecule has 2 aromatic rings. The first-order valence-corrected chi connectivity index (χ1v) is 6.72. The second kappa shape index (κ2) is 6.04. The Labute approximate surface area is 123 Å².